The highest BCUT2D eigenvalue weighted by atomic mass is 35.5. The maximum atomic E-state index is 11.9. The van der Waals surface area contributed by atoms with Crippen LogP contribution < -0.4 is 15.0 Å². The molecule has 4 nitrogen and oxygen atoms in total. The van der Waals surface area contributed by atoms with Crippen LogP contribution in [0.15, 0.2) is 30.3 Å². The van der Waals surface area contributed by atoms with E-state index in [1.165, 1.54) is 16.0 Å². The molecule has 0 saturated heterocycles. The van der Waals surface area contributed by atoms with Gasteiger partial charge < -0.3 is 10.1 Å². The fourth-order valence-corrected chi connectivity index (χ4v) is 2.75. The number of urea groups is 1. The average molecular weight is 347 g/mol. The van der Waals surface area contributed by atoms with Crippen molar-refractivity contribution in [3.63, 3.8) is 0 Å². The Labute approximate surface area is 148 Å². The zero-order valence-electron chi connectivity index (χ0n) is 14.7. The molecule has 0 unspecified atom stereocenters. The molecule has 0 atom stereocenters. The third-order valence-corrected chi connectivity index (χ3v) is 4.49. The minimum Gasteiger partial charge on any atom is -0.488 e. The maximum Gasteiger partial charge on any atom is 0.321 e. The lowest BCUT2D eigenvalue weighted by Crippen LogP contribution is -2.35. The van der Waals surface area contributed by atoms with Crippen molar-refractivity contribution in [2.75, 3.05) is 19.0 Å². The van der Waals surface area contributed by atoms with Crippen LogP contribution in [-0.4, -0.2) is 20.1 Å². The summed E-state index contributed by atoms with van der Waals surface area (Å²) in [6.07, 6.45) is 0. The first kappa shape index (κ1) is 18.1. The minimum atomic E-state index is -0.208. The van der Waals surface area contributed by atoms with Crippen LogP contribution in [0.3, 0.4) is 0 Å². The molecule has 0 aliphatic carbocycles. The summed E-state index contributed by atoms with van der Waals surface area (Å²) in [6.45, 7) is 6.45. The molecule has 0 heterocycles. The fraction of sp³-hybridized carbons (Fsp3) is 0.316. The van der Waals surface area contributed by atoms with Gasteiger partial charge in [-0.2, -0.15) is 0 Å². The van der Waals surface area contributed by atoms with Gasteiger partial charge in [0, 0.05) is 24.7 Å². The largest absolute Gasteiger partial charge is 0.488 e. The molecule has 0 saturated carbocycles. The van der Waals surface area contributed by atoms with Crippen molar-refractivity contribution < 1.29 is 9.53 Å². The molecule has 128 valence electrons. The van der Waals surface area contributed by atoms with E-state index in [0.29, 0.717) is 11.6 Å². The van der Waals surface area contributed by atoms with Gasteiger partial charge in [0.15, 0.2) is 0 Å². The van der Waals surface area contributed by atoms with Crippen LogP contribution in [-0.2, 0) is 6.61 Å². The monoisotopic (exact) mass is 346 g/mol. The molecule has 0 fully saturated rings. The molecule has 0 radical (unpaired) electrons. The molecule has 0 aromatic heterocycles. The lowest BCUT2D eigenvalue weighted by atomic mass is 10.1. The third-order valence-electron chi connectivity index (χ3n) is 4.14. The average Bonchev–Trinajstić information content (AvgIpc) is 2.56. The summed E-state index contributed by atoms with van der Waals surface area (Å²) in [6, 6.07) is 9.41. The summed E-state index contributed by atoms with van der Waals surface area (Å²) in [5.74, 6) is 0.826. The molecule has 0 spiro atoms. The Morgan fingerprint density at radius 2 is 1.83 bits per heavy atom. The zero-order valence-corrected chi connectivity index (χ0v) is 15.5. The van der Waals surface area contributed by atoms with Crippen molar-refractivity contribution >= 4 is 23.3 Å². The van der Waals surface area contributed by atoms with Gasteiger partial charge in [-0.05, 0) is 55.7 Å². The quantitative estimate of drug-likeness (QED) is 0.877. The fourth-order valence-electron chi connectivity index (χ4n) is 2.52. The van der Waals surface area contributed by atoms with Gasteiger partial charge in [0.2, 0.25) is 0 Å². The van der Waals surface area contributed by atoms with Crippen molar-refractivity contribution in [3.8, 4) is 5.75 Å². The molecule has 2 aromatic rings. The molecule has 24 heavy (non-hydrogen) atoms. The van der Waals surface area contributed by atoms with Gasteiger partial charge in [-0.25, -0.2) is 4.79 Å². The summed E-state index contributed by atoms with van der Waals surface area (Å²) in [7, 11) is 3.30. The highest BCUT2D eigenvalue weighted by molar-refractivity contribution is 6.31. The Hall–Kier alpha value is -2.20. The van der Waals surface area contributed by atoms with Crippen molar-refractivity contribution in [3.05, 3.63) is 57.6 Å². The maximum absolute atomic E-state index is 11.9. The Kier molecular flexibility index (Phi) is 5.73. The number of benzene rings is 2. The van der Waals surface area contributed by atoms with Crippen molar-refractivity contribution in [2.24, 2.45) is 0 Å². The Balaban J connectivity index is 2.30. The summed E-state index contributed by atoms with van der Waals surface area (Å²) in [4.78, 5) is 13.4. The van der Waals surface area contributed by atoms with Gasteiger partial charge in [0.1, 0.15) is 12.4 Å². The molecular formula is C19H23ClN2O2. The molecule has 0 aliphatic heterocycles. The van der Waals surface area contributed by atoms with Crippen molar-refractivity contribution in [1.82, 2.24) is 5.32 Å². The topological polar surface area (TPSA) is 41.6 Å². The lowest BCUT2D eigenvalue weighted by molar-refractivity contribution is 0.249. The number of carbonyl (C=O) groups excluding carboxylic acids is 1. The summed E-state index contributed by atoms with van der Waals surface area (Å²) in [5.41, 5.74) is 4.99. The van der Waals surface area contributed by atoms with Crippen LogP contribution in [0.2, 0.25) is 5.02 Å². The lowest BCUT2D eigenvalue weighted by Gasteiger charge is -2.21. The number of amides is 2. The number of nitrogens with one attached hydrogen (secondary N) is 1. The van der Waals surface area contributed by atoms with Crippen LogP contribution in [0.4, 0.5) is 10.5 Å². The minimum absolute atomic E-state index is 0.208. The molecule has 0 bridgehead atoms. The summed E-state index contributed by atoms with van der Waals surface area (Å²) in [5, 5.41) is 3.18. The Morgan fingerprint density at radius 1 is 1.17 bits per heavy atom. The number of aryl methyl sites for hydroxylation is 3. The second kappa shape index (κ2) is 7.58. The van der Waals surface area contributed by atoms with Crippen LogP contribution in [0.1, 0.15) is 22.3 Å². The molecule has 2 aromatic carbocycles. The third kappa shape index (κ3) is 3.82. The molecule has 5 heteroatoms. The number of anilines is 1. The number of hydrogen-bond acceptors (Lipinski definition) is 2. The van der Waals surface area contributed by atoms with Gasteiger partial charge in [0.25, 0.3) is 0 Å². The van der Waals surface area contributed by atoms with Crippen LogP contribution in [0, 0.1) is 20.8 Å². The number of halogens is 1. The number of hydrogen-bond donors (Lipinski definition) is 1. The smallest absolute Gasteiger partial charge is 0.321 e. The molecule has 0 aliphatic rings. The standard InChI is InChI=1S/C19H23ClN2O2/c1-12-9-14(3)18(10-13(12)2)24-11-15-16(20)7-6-8-17(15)22(5)19(23)21-4/h6-10H,11H2,1-5H3,(H,21,23). The van der Waals surface area contributed by atoms with E-state index in [-0.39, 0.29) is 6.03 Å². The van der Waals surface area contributed by atoms with Crippen LogP contribution in [0.25, 0.3) is 0 Å². The van der Waals surface area contributed by atoms with Gasteiger partial charge in [-0.1, -0.05) is 23.7 Å². The van der Waals surface area contributed by atoms with E-state index < -0.39 is 0 Å². The molecule has 1 N–H and O–H groups in total. The normalized spacial score (nSPS) is 10.4. The first-order chi connectivity index (χ1) is 11.3. The first-order valence-electron chi connectivity index (χ1n) is 7.78. The number of carbonyl (C=O) groups is 1. The molecular weight excluding hydrogens is 324 g/mol. The predicted molar refractivity (Wildman–Crippen MR) is 99.3 cm³/mol. The van der Waals surface area contributed by atoms with Crippen LogP contribution in [0.5, 0.6) is 5.75 Å². The van der Waals surface area contributed by atoms with Crippen molar-refractivity contribution in [2.45, 2.75) is 27.4 Å². The van der Waals surface area contributed by atoms with Gasteiger partial charge in [-0.15, -0.1) is 0 Å². The van der Waals surface area contributed by atoms with E-state index in [0.717, 1.165) is 22.6 Å². The van der Waals surface area contributed by atoms with Crippen LogP contribution >= 0.6 is 11.6 Å². The number of ether oxygens (including phenoxy) is 1. The van der Waals surface area contributed by atoms with E-state index in [1.807, 2.05) is 25.1 Å². The second-order valence-corrected chi connectivity index (χ2v) is 6.25. The zero-order chi connectivity index (χ0) is 17.9. The van der Waals surface area contributed by atoms with Gasteiger partial charge in [-0.3, -0.25) is 4.90 Å². The highest BCUT2D eigenvalue weighted by Crippen LogP contribution is 2.30. The number of rotatable bonds is 4. The Morgan fingerprint density at radius 3 is 2.50 bits per heavy atom. The van der Waals surface area contributed by atoms with E-state index in [9.17, 15) is 4.79 Å². The van der Waals surface area contributed by atoms with E-state index in [4.69, 9.17) is 16.3 Å². The predicted octanol–water partition coefficient (Wildman–Crippen LogP) is 4.62. The van der Waals surface area contributed by atoms with E-state index in [1.54, 1.807) is 20.2 Å². The molecule has 2 amide bonds. The summed E-state index contributed by atoms with van der Waals surface area (Å²) >= 11 is 6.35. The van der Waals surface area contributed by atoms with E-state index in [2.05, 4.69) is 25.2 Å². The highest BCUT2D eigenvalue weighted by Gasteiger charge is 2.16. The SMILES string of the molecule is CNC(=O)N(C)c1cccc(Cl)c1COc1cc(C)c(C)cc1C. The van der Waals surface area contributed by atoms with Crippen molar-refractivity contribution in [1.29, 1.82) is 0 Å². The summed E-state index contributed by atoms with van der Waals surface area (Å²) < 4.78 is 6.00. The Bertz CT molecular complexity index is 759. The first-order valence-corrected chi connectivity index (χ1v) is 8.16. The molecule has 2 rings (SSSR count). The van der Waals surface area contributed by atoms with Gasteiger partial charge >= 0.3 is 6.03 Å². The van der Waals surface area contributed by atoms with Gasteiger partial charge in [0.05, 0.1) is 5.69 Å². The number of nitrogens with zero attached hydrogens (tertiary/aromatic N) is 1. The second-order valence-electron chi connectivity index (χ2n) is 5.84. The van der Waals surface area contributed by atoms with E-state index >= 15 is 0 Å².